The van der Waals surface area contributed by atoms with E-state index in [2.05, 4.69) is 0 Å². The summed E-state index contributed by atoms with van der Waals surface area (Å²) in [5, 5.41) is 0. The highest BCUT2D eigenvalue weighted by Gasteiger charge is 2.51. The molecule has 7 heteroatoms. The first-order valence-corrected chi connectivity index (χ1v) is 7.45. The fourth-order valence-corrected chi connectivity index (χ4v) is 2.98. The van der Waals surface area contributed by atoms with Crippen molar-refractivity contribution in [1.82, 2.24) is 4.90 Å². The van der Waals surface area contributed by atoms with Gasteiger partial charge in [0.2, 0.25) is 5.78 Å². The van der Waals surface area contributed by atoms with Crippen LogP contribution in [0.3, 0.4) is 0 Å². The third-order valence-corrected chi connectivity index (χ3v) is 4.14. The average molecular weight is 325 g/mol. The minimum absolute atomic E-state index is 0.0141. The number of hydrogen-bond donors (Lipinski definition) is 0. The number of amides is 1. The lowest BCUT2D eigenvalue weighted by Gasteiger charge is -2.39. The zero-order chi connectivity index (χ0) is 16.4. The van der Waals surface area contributed by atoms with E-state index >= 15 is 0 Å². The Kier molecular flexibility index (Phi) is 4.30. The molecule has 2 bridgehead atoms. The maximum absolute atomic E-state index is 13.8. The van der Waals surface area contributed by atoms with Crippen molar-refractivity contribution >= 4 is 11.9 Å². The number of carbonyl (C=O) groups is 2. The summed E-state index contributed by atoms with van der Waals surface area (Å²) in [6.07, 6.45) is -1.81. The van der Waals surface area contributed by atoms with Gasteiger partial charge in [-0.05, 0) is 5.56 Å². The second-order valence-electron chi connectivity index (χ2n) is 5.83. The highest BCUT2D eigenvalue weighted by Crippen LogP contribution is 2.34. The van der Waals surface area contributed by atoms with E-state index in [0.717, 1.165) is 5.56 Å². The van der Waals surface area contributed by atoms with Crippen LogP contribution in [0.1, 0.15) is 18.4 Å². The van der Waals surface area contributed by atoms with Gasteiger partial charge in [0.15, 0.2) is 0 Å². The number of morpholine rings is 1. The maximum atomic E-state index is 13.8. The third-order valence-electron chi connectivity index (χ3n) is 4.14. The average Bonchev–Trinajstić information content (AvgIpc) is 2.58. The molecule has 2 atom stereocenters. The monoisotopic (exact) mass is 325 g/mol. The summed E-state index contributed by atoms with van der Waals surface area (Å²) < 4.78 is 38.1. The van der Waals surface area contributed by atoms with Gasteiger partial charge in [0.1, 0.15) is 6.61 Å². The number of fused-ring (bicyclic) bond motifs is 2. The number of ketones is 1. The summed E-state index contributed by atoms with van der Waals surface area (Å²) in [4.78, 5) is 25.2. The number of Topliss-reactive ketones (excluding diaryl/α,β-unsaturated/α-hetero) is 1. The molecule has 1 amide bonds. The Hall–Kier alpha value is -2.02. The van der Waals surface area contributed by atoms with Crippen LogP contribution in [0.5, 0.6) is 0 Å². The van der Waals surface area contributed by atoms with E-state index in [9.17, 15) is 18.4 Å². The molecule has 2 saturated heterocycles. The van der Waals surface area contributed by atoms with Crippen molar-refractivity contribution in [3.8, 4) is 0 Å². The lowest BCUT2D eigenvalue weighted by molar-refractivity contribution is -0.143. The van der Waals surface area contributed by atoms with Crippen molar-refractivity contribution in [2.24, 2.45) is 0 Å². The smallest absolute Gasteiger partial charge is 0.410 e. The summed E-state index contributed by atoms with van der Waals surface area (Å²) in [5.74, 6) is -4.57. The number of carbonyl (C=O) groups excluding carboxylic acids is 2. The van der Waals surface area contributed by atoms with E-state index in [4.69, 9.17) is 9.47 Å². The molecule has 1 aromatic carbocycles. The van der Waals surface area contributed by atoms with Crippen molar-refractivity contribution in [2.75, 3.05) is 13.2 Å². The van der Waals surface area contributed by atoms with Crippen LogP contribution in [0.4, 0.5) is 13.6 Å². The lowest BCUT2D eigenvalue weighted by Crippen LogP contribution is -2.54. The first-order valence-electron chi connectivity index (χ1n) is 7.45. The third kappa shape index (κ3) is 3.34. The molecule has 0 saturated carbocycles. The van der Waals surface area contributed by atoms with E-state index in [1.807, 2.05) is 18.2 Å². The molecule has 0 aliphatic carbocycles. The molecule has 0 spiro atoms. The van der Waals surface area contributed by atoms with Gasteiger partial charge in [-0.3, -0.25) is 9.69 Å². The van der Waals surface area contributed by atoms with Crippen molar-refractivity contribution < 1.29 is 27.8 Å². The van der Waals surface area contributed by atoms with Gasteiger partial charge in [-0.25, -0.2) is 4.79 Å². The molecule has 2 fully saturated rings. The Balaban J connectivity index is 1.72. The number of alkyl halides is 2. The van der Waals surface area contributed by atoms with Crippen LogP contribution in [0, 0.1) is 0 Å². The Morgan fingerprint density at radius 1 is 1.26 bits per heavy atom. The first-order chi connectivity index (χ1) is 11.0. The van der Waals surface area contributed by atoms with E-state index in [-0.39, 0.29) is 19.8 Å². The summed E-state index contributed by atoms with van der Waals surface area (Å²) in [6.45, 7) is 0.110. The molecule has 1 aromatic rings. The van der Waals surface area contributed by atoms with Gasteiger partial charge in [-0.15, -0.1) is 0 Å². The van der Waals surface area contributed by atoms with Crippen LogP contribution < -0.4 is 0 Å². The molecular formula is C16H17F2NO4. The Morgan fingerprint density at radius 3 is 2.70 bits per heavy atom. The Bertz CT molecular complexity index is 593. The number of hydrogen-bond acceptors (Lipinski definition) is 4. The van der Waals surface area contributed by atoms with Crippen LogP contribution in [-0.4, -0.2) is 48.0 Å². The van der Waals surface area contributed by atoms with E-state index in [1.54, 1.807) is 12.1 Å². The second-order valence-corrected chi connectivity index (χ2v) is 5.83. The highest BCUT2D eigenvalue weighted by molar-refractivity contribution is 5.87. The topological polar surface area (TPSA) is 55.8 Å². The normalized spacial score (nSPS) is 26.5. The molecule has 0 aromatic heterocycles. The van der Waals surface area contributed by atoms with Gasteiger partial charge in [-0.2, -0.15) is 8.78 Å². The van der Waals surface area contributed by atoms with Crippen LogP contribution >= 0.6 is 0 Å². The maximum Gasteiger partial charge on any atom is 0.410 e. The summed E-state index contributed by atoms with van der Waals surface area (Å²) >= 11 is 0. The minimum Gasteiger partial charge on any atom is -0.445 e. The summed E-state index contributed by atoms with van der Waals surface area (Å²) in [7, 11) is 0. The molecule has 5 nitrogen and oxygen atoms in total. The molecule has 2 heterocycles. The lowest BCUT2D eigenvalue weighted by atomic mass is 10.1. The predicted octanol–water partition coefficient (Wildman–Crippen LogP) is 2.39. The molecule has 0 radical (unpaired) electrons. The van der Waals surface area contributed by atoms with Gasteiger partial charge in [0, 0.05) is 12.8 Å². The fourth-order valence-electron chi connectivity index (χ4n) is 2.98. The van der Waals surface area contributed by atoms with Crippen LogP contribution in [0.2, 0.25) is 0 Å². The fraction of sp³-hybridized carbons (Fsp3) is 0.500. The highest BCUT2D eigenvalue weighted by atomic mass is 19.3. The van der Waals surface area contributed by atoms with Crippen LogP contribution in [0.15, 0.2) is 30.3 Å². The van der Waals surface area contributed by atoms with Gasteiger partial charge in [-0.1, -0.05) is 30.3 Å². The quantitative estimate of drug-likeness (QED) is 0.838. The zero-order valence-corrected chi connectivity index (χ0v) is 12.4. The minimum atomic E-state index is -3.43. The van der Waals surface area contributed by atoms with Gasteiger partial charge in [0.05, 0.1) is 25.3 Å². The molecule has 124 valence electrons. The first kappa shape index (κ1) is 15.9. The van der Waals surface area contributed by atoms with Gasteiger partial charge >= 0.3 is 12.0 Å². The Labute approximate surface area is 132 Å². The SMILES string of the molecule is O=C(OCc1ccccc1)N1C2COCC1CC(F)(F)C(=O)C2. The van der Waals surface area contributed by atoms with Crippen molar-refractivity contribution in [3.63, 3.8) is 0 Å². The predicted molar refractivity (Wildman–Crippen MR) is 76.0 cm³/mol. The van der Waals surface area contributed by atoms with E-state index in [1.165, 1.54) is 4.90 Å². The van der Waals surface area contributed by atoms with Gasteiger partial charge < -0.3 is 9.47 Å². The van der Waals surface area contributed by atoms with Crippen LogP contribution in [0.25, 0.3) is 0 Å². The number of halogens is 2. The summed E-state index contributed by atoms with van der Waals surface area (Å²) in [5.41, 5.74) is 0.804. The molecular weight excluding hydrogens is 308 g/mol. The standard InChI is InChI=1S/C16H17F2NO4/c17-16(18)7-13-10-22-9-12(6-14(16)20)19(13)15(21)23-8-11-4-2-1-3-5-11/h1-5,12-13H,6-10H2. The van der Waals surface area contributed by atoms with Crippen molar-refractivity contribution in [1.29, 1.82) is 0 Å². The van der Waals surface area contributed by atoms with E-state index < -0.39 is 42.7 Å². The van der Waals surface area contributed by atoms with E-state index in [0.29, 0.717) is 0 Å². The number of rotatable bonds is 2. The Morgan fingerprint density at radius 2 is 1.96 bits per heavy atom. The van der Waals surface area contributed by atoms with Crippen LogP contribution in [-0.2, 0) is 20.9 Å². The van der Waals surface area contributed by atoms with Crippen molar-refractivity contribution in [3.05, 3.63) is 35.9 Å². The molecule has 2 aliphatic heterocycles. The largest absolute Gasteiger partial charge is 0.445 e. The molecule has 2 aliphatic rings. The zero-order valence-electron chi connectivity index (χ0n) is 12.4. The second kappa shape index (κ2) is 6.23. The number of ether oxygens (including phenoxy) is 2. The molecule has 23 heavy (non-hydrogen) atoms. The molecule has 3 rings (SSSR count). The molecule has 2 unspecified atom stereocenters. The molecule has 0 N–H and O–H groups in total. The number of benzene rings is 1. The van der Waals surface area contributed by atoms with Crippen molar-refractivity contribution in [2.45, 2.75) is 37.5 Å². The summed E-state index contributed by atoms with van der Waals surface area (Å²) in [6, 6.07) is 7.54. The van der Waals surface area contributed by atoms with Gasteiger partial charge in [0.25, 0.3) is 0 Å². The number of nitrogens with zero attached hydrogens (tertiary/aromatic N) is 1.